The molecular formula is C15H15N3. The Balaban J connectivity index is 1.92. The molecule has 0 amide bonds. The van der Waals surface area contributed by atoms with Gasteiger partial charge in [0, 0.05) is 18.1 Å². The minimum Gasteiger partial charge on any atom is -0.383 e. The predicted octanol–water partition coefficient (Wildman–Crippen LogP) is 3.32. The van der Waals surface area contributed by atoms with Crippen molar-refractivity contribution < 1.29 is 0 Å². The van der Waals surface area contributed by atoms with Gasteiger partial charge in [0.15, 0.2) is 0 Å². The molecule has 0 spiro atoms. The molecule has 1 fully saturated rings. The van der Waals surface area contributed by atoms with Crippen LogP contribution in [0.2, 0.25) is 0 Å². The molecule has 18 heavy (non-hydrogen) atoms. The number of nitriles is 1. The fourth-order valence-corrected chi connectivity index (χ4v) is 2.22. The van der Waals surface area contributed by atoms with E-state index in [0.717, 1.165) is 29.1 Å². The van der Waals surface area contributed by atoms with E-state index < -0.39 is 0 Å². The van der Waals surface area contributed by atoms with Gasteiger partial charge in [-0.3, -0.25) is 4.98 Å². The quantitative estimate of drug-likeness (QED) is 0.887. The highest BCUT2D eigenvalue weighted by atomic mass is 14.9. The number of nitrogens with zero attached hydrogens (tertiary/aromatic N) is 2. The van der Waals surface area contributed by atoms with Crippen molar-refractivity contribution in [2.24, 2.45) is 5.92 Å². The van der Waals surface area contributed by atoms with Crippen LogP contribution in [0.25, 0.3) is 10.9 Å². The van der Waals surface area contributed by atoms with Crippen LogP contribution in [0.4, 0.5) is 5.69 Å². The first kappa shape index (κ1) is 11.0. The molecule has 0 bridgehead atoms. The number of nitrogens with one attached hydrogen (secondary N) is 1. The number of pyridine rings is 1. The molecule has 2 aromatic rings. The molecule has 3 rings (SSSR count). The van der Waals surface area contributed by atoms with Crippen molar-refractivity contribution in [2.45, 2.75) is 19.3 Å². The van der Waals surface area contributed by atoms with Gasteiger partial charge in [0.1, 0.15) is 6.07 Å². The van der Waals surface area contributed by atoms with Gasteiger partial charge in [-0.05, 0) is 18.4 Å². The third kappa shape index (κ3) is 2.14. The molecule has 1 aliphatic carbocycles. The number of fused-ring (bicyclic) bond motifs is 1. The number of para-hydroxylation sites is 1. The van der Waals surface area contributed by atoms with Crippen LogP contribution in [0.3, 0.4) is 0 Å². The molecular weight excluding hydrogens is 222 g/mol. The molecule has 0 atom stereocenters. The largest absolute Gasteiger partial charge is 0.383 e. The van der Waals surface area contributed by atoms with Crippen LogP contribution in [-0.4, -0.2) is 11.5 Å². The van der Waals surface area contributed by atoms with Crippen LogP contribution >= 0.6 is 0 Å². The summed E-state index contributed by atoms with van der Waals surface area (Å²) in [5, 5.41) is 13.6. The highest BCUT2D eigenvalue weighted by Gasteiger charge is 2.20. The van der Waals surface area contributed by atoms with Gasteiger partial charge in [-0.2, -0.15) is 5.26 Å². The first-order valence-corrected chi connectivity index (χ1v) is 6.40. The Morgan fingerprint density at radius 1 is 1.33 bits per heavy atom. The second-order valence-electron chi connectivity index (χ2n) is 4.83. The summed E-state index contributed by atoms with van der Waals surface area (Å²) in [6.07, 6.45) is 5.58. The Morgan fingerprint density at radius 3 is 2.94 bits per heavy atom. The molecule has 1 aromatic carbocycles. The zero-order valence-corrected chi connectivity index (χ0v) is 10.2. The number of hydrogen-bond donors (Lipinski definition) is 1. The molecule has 1 N–H and O–H groups in total. The summed E-state index contributed by atoms with van der Waals surface area (Å²) in [7, 11) is 0. The second kappa shape index (κ2) is 4.66. The molecule has 1 heterocycles. The third-order valence-corrected chi connectivity index (χ3v) is 3.45. The van der Waals surface area contributed by atoms with Crippen molar-refractivity contribution in [1.29, 1.82) is 5.26 Å². The van der Waals surface area contributed by atoms with Crippen molar-refractivity contribution in [2.75, 3.05) is 11.9 Å². The SMILES string of the molecule is N#Cc1cnc2ccccc2c1NCCC1CC1. The summed E-state index contributed by atoms with van der Waals surface area (Å²) in [5.41, 5.74) is 2.50. The lowest BCUT2D eigenvalue weighted by Gasteiger charge is -2.10. The summed E-state index contributed by atoms with van der Waals surface area (Å²) in [6, 6.07) is 10.2. The van der Waals surface area contributed by atoms with Crippen molar-refractivity contribution in [1.82, 2.24) is 4.98 Å². The van der Waals surface area contributed by atoms with E-state index in [0.29, 0.717) is 5.56 Å². The van der Waals surface area contributed by atoms with E-state index in [4.69, 9.17) is 5.26 Å². The number of aromatic nitrogens is 1. The number of rotatable bonds is 4. The van der Waals surface area contributed by atoms with Crippen LogP contribution in [-0.2, 0) is 0 Å². The summed E-state index contributed by atoms with van der Waals surface area (Å²) in [5.74, 6) is 0.899. The Labute approximate surface area is 106 Å². The molecule has 0 unspecified atom stereocenters. The minimum atomic E-state index is 0.629. The van der Waals surface area contributed by atoms with E-state index in [9.17, 15) is 0 Å². The highest BCUT2D eigenvalue weighted by molar-refractivity contribution is 5.93. The topological polar surface area (TPSA) is 48.7 Å². The Morgan fingerprint density at radius 2 is 2.17 bits per heavy atom. The maximum Gasteiger partial charge on any atom is 0.103 e. The fourth-order valence-electron chi connectivity index (χ4n) is 2.22. The second-order valence-corrected chi connectivity index (χ2v) is 4.83. The molecule has 0 saturated heterocycles. The summed E-state index contributed by atoms with van der Waals surface area (Å²) in [4.78, 5) is 4.31. The van der Waals surface area contributed by atoms with Gasteiger partial charge in [-0.1, -0.05) is 31.0 Å². The van der Waals surface area contributed by atoms with E-state index >= 15 is 0 Å². The van der Waals surface area contributed by atoms with Crippen LogP contribution in [0.1, 0.15) is 24.8 Å². The summed E-state index contributed by atoms with van der Waals surface area (Å²) in [6.45, 7) is 0.938. The zero-order chi connectivity index (χ0) is 12.4. The standard InChI is InChI=1S/C15H15N3/c16-9-12-10-18-14-4-2-1-3-13(14)15(12)17-8-7-11-5-6-11/h1-4,10-11H,5-8H2,(H,17,18). The lowest BCUT2D eigenvalue weighted by Crippen LogP contribution is -2.05. The lowest BCUT2D eigenvalue weighted by atomic mass is 10.1. The predicted molar refractivity (Wildman–Crippen MR) is 72.3 cm³/mol. The molecule has 1 aliphatic rings. The molecule has 0 aliphatic heterocycles. The molecule has 90 valence electrons. The smallest absolute Gasteiger partial charge is 0.103 e. The maximum atomic E-state index is 9.17. The normalized spacial score (nSPS) is 14.4. The van der Waals surface area contributed by atoms with Crippen LogP contribution in [0.5, 0.6) is 0 Å². The Bertz CT molecular complexity index is 609. The van der Waals surface area contributed by atoms with E-state index in [1.807, 2.05) is 24.3 Å². The van der Waals surface area contributed by atoms with Gasteiger partial charge in [0.2, 0.25) is 0 Å². The van der Waals surface area contributed by atoms with E-state index in [1.165, 1.54) is 19.3 Å². The zero-order valence-electron chi connectivity index (χ0n) is 10.2. The highest BCUT2D eigenvalue weighted by Crippen LogP contribution is 2.32. The van der Waals surface area contributed by atoms with Gasteiger partial charge in [0.25, 0.3) is 0 Å². The molecule has 3 nitrogen and oxygen atoms in total. The van der Waals surface area contributed by atoms with Gasteiger partial charge in [-0.25, -0.2) is 0 Å². The molecule has 0 radical (unpaired) electrons. The van der Waals surface area contributed by atoms with Crippen molar-refractivity contribution >= 4 is 16.6 Å². The van der Waals surface area contributed by atoms with Gasteiger partial charge in [0.05, 0.1) is 16.8 Å². The fraction of sp³-hybridized carbons (Fsp3) is 0.333. The first-order chi connectivity index (χ1) is 8.88. The minimum absolute atomic E-state index is 0.629. The summed E-state index contributed by atoms with van der Waals surface area (Å²) >= 11 is 0. The van der Waals surface area contributed by atoms with Crippen LogP contribution < -0.4 is 5.32 Å². The van der Waals surface area contributed by atoms with E-state index in [1.54, 1.807) is 6.20 Å². The van der Waals surface area contributed by atoms with Crippen LogP contribution in [0.15, 0.2) is 30.5 Å². The number of benzene rings is 1. The van der Waals surface area contributed by atoms with Gasteiger partial charge < -0.3 is 5.32 Å². The Hall–Kier alpha value is -2.08. The summed E-state index contributed by atoms with van der Waals surface area (Å²) < 4.78 is 0. The monoisotopic (exact) mass is 237 g/mol. The molecule has 1 aromatic heterocycles. The third-order valence-electron chi connectivity index (χ3n) is 3.45. The van der Waals surface area contributed by atoms with Crippen molar-refractivity contribution in [3.63, 3.8) is 0 Å². The Kier molecular flexibility index (Phi) is 2.85. The van der Waals surface area contributed by atoms with Crippen LogP contribution in [0, 0.1) is 17.2 Å². The van der Waals surface area contributed by atoms with Gasteiger partial charge in [-0.15, -0.1) is 0 Å². The molecule has 1 saturated carbocycles. The van der Waals surface area contributed by atoms with E-state index in [2.05, 4.69) is 16.4 Å². The maximum absolute atomic E-state index is 9.17. The van der Waals surface area contributed by atoms with Crippen molar-refractivity contribution in [3.05, 3.63) is 36.0 Å². The van der Waals surface area contributed by atoms with E-state index in [-0.39, 0.29) is 0 Å². The molecule has 3 heteroatoms. The first-order valence-electron chi connectivity index (χ1n) is 6.40. The average molecular weight is 237 g/mol. The van der Waals surface area contributed by atoms with Crippen molar-refractivity contribution in [3.8, 4) is 6.07 Å². The number of anilines is 1. The van der Waals surface area contributed by atoms with Gasteiger partial charge >= 0.3 is 0 Å². The number of hydrogen-bond acceptors (Lipinski definition) is 3. The average Bonchev–Trinajstić information content (AvgIpc) is 3.23. The lowest BCUT2D eigenvalue weighted by molar-refractivity contribution is 0.760.